The molecule has 0 heterocycles. The Kier molecular flexibility index (Phi) is 6.43. The fourth-order valence-electron chi connectivity index (χ4n) is 4.11. The number of nitrogens with one attached hydrogen (secondary N) is 1. The predicted octanol–water partition coefficient (Wildman–Crippen LogP) is 0.621. The Morgan fingerprint density at radius 1 is 1.35 bits per heavy atom. The largest absolute Gasteiger partial charge is 0.395 e. The molecule has 0 spiro atoms. The quantitative estimate of drug-likeness (QED) is 0.450. The Balaban J connectivity index is 1.95. The van der Waals surface area contributed by atoms with Crippen LogP contribution in [0.3, 0.4) is 0 Å². The maximum absolute atomic E-state index is 12.3. The highest BCUT2D eigenvalue weighted by molar-refractivity contribution is 5.97. The summed E-state index contributed by atoms with van der Waals surface area (Å²) >= 11 is 0. The van der Waals surface area contributed by atoms with Crippen LogP contribution in [-0.4, -0.2) is 53.4 Å². The van der Waals surface area contributed by atoms with Gasteiger partial charge in [-0.1, -0.05) is 6.42 Å². The van der Waals surface area contributed by atoms with Crippen LogP contribution in [0.5, 0.6) is 0 Å². The van der Waals surface area contributed by atoms with E-state index in [0.717, 1.165) is 11.8 Å². The lowest BCUT2D eigenvalue weighted by atomic mass is 9.84. The molecular weight excluding hydrogens is 294 g/mol. The summed E-state index contributed by atoms with van der Waals surface area (Å²) in [6.45, 7) is 1.94. The number of hydrogen-bond donors (Lipinski definition) is 3. The molecule has 23 heavy (non-hydrogen) atoms. The summed E-state index contributed by atoms with van der Waals surface area (Å²) in [5.74, 6) is 1.80. The second-order valence-electron chi connectivity index (χ2n) is 6.70. The number of aliphatic hydroxyl groups excluding tert-OH is 2. The van der Waals surface area contributed by atoms with Gasteiger partial charge in [0.15, 0.2) is 0 Å². The summed E-state index contributed by atoms with van der Waals surface area (Å²) in [5.41, 5.74) is 0.0157. The van der Waals surface area contributed by atoms with Crippen LogP contribution in [-0.2, 0) is 4.79 Å². The van der Waals surface area contributed by atoms with Crippen molar-refractivity contribution in [3.8, 4) is 6.07 Å². The summed E-state index contributed by atoms with van der Waals surface area (Å²) in [5, 5.41) is 30.4. The molecule has 2 bridgehead atoms. The summed E-state index contributed by atoms with van der Waals surface area (Å²) < 4.78 is 0. The molecule has 2 fully saturated rings. The van der Waals surface area contributed by atoms with Gasteiger partial charge in [-0.2, -0.15) is 5.26 Å². The number of amides is 1. The number of carbonyl (C=O) groups is 1. The minimum atomic E-state index is -0.455. The number of nitriles is 1. The molecule has 6 heteroatoms. The number of nitrogens with zero attached hydrogens (tertiary/aromatic N) is 2. The van der Waals surface area contributed by atoms with E-state index in [2.05, 4.69) is 12.2 Å². The van der Waals surface area contributed by atoms with Gasteiger partial charge in [-0.05, 0) is 43.9 Å². The average molecular weight is 321 g/mol. The molecule has 0 aliphatic heterocycles. The lowest BCUT2D eigenvalue weighted by molar-refractivity contribution is -0.127. The molecule has 0 aromatic rings. The molecule has 2 saturated carbocycles. The van der Waals surface area contributed by atoms with Crippen molar-refractivity contribution in [1.82, 2.24) is 10.2 Å². The molecule has 2 rings (SSSR count). The van der Waals surface area contributed by atoms with E-state index in [9.17, 15) is 10.1 Å². The Bertz CT molecular complexity index is 480. The Hall–Kier alpha value is -1.58. The van der Waals surface area contributed by atoms with Crippen molar-refractivity contribution in [2.45, 2.75) is 38.6 Å². The van der Waals surface area contributed by atoms with Crippen LogP contribution in [0, 0.1) is 29.1 Å². The highest BCUT2D eigenvalue weighted by Crippen LogP contribution is 2.49. The smallest absolute Gasteiger partial charge is 0.266 e. The van der Waals surface area contributed by atoms with E-state index in [-0.39, 0.29) is 37.9 Å². The van der Waals surface area contributed by atoms with Crippen molar-refractivity contribution in [2.75, 3.05) is 26.3 Å². The molecule has 4 atom stereocenters. The fourth-order valence-corrected chi connectivity index (χ4v) is 4.11. The van der Waals surface area contributed by atoms with E-state index >= 15 is 0 Å². The normalized spacial score (nSPS) is 27.6. The molecule has 2 aliphatic rings. The zero-order valence-corrected chi connectivity index (χ0v) is 13.7. The lowest BCUT2D eigenvalue weighted by Crippen LogP contribution is -2.38. The predicted molar refractivity (Wildman–Crippen MR) is 86.0 cm³/mol. The second-order valence-corrected chi connectivity index (χ2v) is 6.70. The zero-order valence-electron chi connectivity index (χ0n) is 13.7. The minimum Gasteiger partial charge on any atom is -0.395 e. The van der Waals surface area contributed by atoms with E-state index < -0.39 is 5.91 Å². The average Bonchev–Trinajstić information content (AvgIpc) is 3.18. The van der Waals surface area contributed by atoms with Gasteiger partial charge in [-0.25, -0.2) is 0 Å². The number of fused-ring (bicyclic) bond motifs is 2. The molecule has 0 saturated heterocycles. The first kappa shape index (κ1) is 17.8. The second kappa shape index (κ2) is 8.32. The number of hydrogen-bond acceptors (Lipinski definition) is 5. The van der Waals surface area contributed by atoms with Crippen molar-refractivity contribution >= 4 is 5.91 Å². The lowest BCUT2D eigenvalue weighted by Gasteiger charge is -2.28. The van der Waals surface area contributed by atoms with Crippen LogP contribution in [0.2, 0.25) is 0 Å². The SMILES string of the molecule is CC(N/C=C(/C#N)C(=O)N(CCO)CCO)C1CC2CCC1C2. The molecule has 0 aromatic carbocycles. The highest BCUT2D eigenvalue weighted by Gasteiger charge is 2.41. The first-order valence-electron chi connectivity index (χ1n) is 8.48. The van der Waals surface area contributed by atoms with Gasteiger partial charge < -0.3 is 20.4 Å². The fraction of sp³-hybridized carbons (Fsp3) is 0.765. The molecule has 6 nitrogen and oxygen atoms in total. The van der Waals surface area contributed by atoms with Crippen LogP contribution < -0.4 is 5.32 Å². The monoisotopic (exact) mass is 321 g/mol. The minimum absolute atomic E-state index is 0.0157. The van der Waals surface area contributed by atoms with Crippen LogP contribution in [0.1, 0.15) is 32.6 Å². The van der Waals surface area contributed by atoms with Crippen molar-refractivity contribution < 1.29 is 15.0 Å². The van der Waals surface area contributed by atoms with Crippen molar-refractivity contribution in [2.24, 2.45) is 17.8 Å². The third-order valence-corrected chi connectivity index (χ3v) is 5.30. The third kappa shape index (κ3) is 4.24. The number of carbonyl (C=O) groups excluding carboxylic acids is 1. The van der Waals surface area contributed by atoms with Crippen LogP contribution in [0.25, 0.3) is 0 Å². The van der Waals surface area contributed by atoms with Gasteiger partial charge in [0, 0.05) is 25.3 Å². The van der Waals surface area contributed by atoms with Gasteiger partial charge in [-0.15, -0.1) is 0 Å². The molecule has 128 valence electrons. The summed E-state index contributed by atoms with van der Waals surface area (Å²) in [7, 11) is 0. The maximum Gasteiger partial charge on any atom is 0.266 e. The van der Waals surface area contributed by atoms with Crippen LogP contribution in [0.15, 0.2) is 11.8 Å². The summed E-state index contributed by atoms with van der Waals surface area (Å²) in [4.78, 5) is 13.6. The Morgan fingerprint density at radius 2 is 2.04 bits per heavy atom. The summed E-state index contributed by atoms with van der Waals surface area (Å²) in [6.07, 6.45) is 6.72. The standard InChI is InChI=1S/C17H27N3O3/c1-12(16-9-13-2-3-14(16)8-13)19-11-15(10-18)17(23)20(4-6-21)5-7-22/h11-14,16,19,21-22H,2-9H2,1H3/b15-11-. The van der Waals surface area contributed by atoms with Gasteiger partial charge >= 0.3 is 0 Å². The maximum atomic E-state index is 12.3. The molecule has 0 radical (unpaired) electrons. The Morgan fingerprint density at radius 3 is 2.52 bits per heavy atom. The van der Waals surface area contributed by atoms with Gasteiger partial charge in [0.25, 0.3) is 5.91 Å². The molecule has 0 aromatic heterocycles. The number of rotatable bonds is 8. The van der Waals surface area contributed by atoms with E-state index in [1.807, 2.05) is 6.07 Å². The highest BCUT2D eigenvalue weighted by atomic mass is 16.3. The molecule has 4 unspecified atom stereocenters. The topological polar surface area (TPSA) is 96.6 Å². The van der Waals surface area contributed by atoms with E-state index in [4.69, 9.17) is 10.2 Å². The Labute approximate surface area is 137 Å². The molecule has 1 amide bonds. The first-order valence-corrected chi connectivity index (χ1v) is 8.48. The van der Waals surface area contributed by atoms with Crippen molar-refractivity contribution in [3.05, 3.63) is 11.8 Å². The zero-order chi connectivity index (χ0) is 16.8. The van der Waals surface area contributed by atoms with Crippen molar-refractivity contribution in [3.63, 3.8) is 0 Å². The van der Waals surface area contributed by atoms with E-state index in [1.54, 1.807) is 0 Å². The van der Waals surface area contributed by atoms with Crippen LogP contribution in [0.4, 0.5) is 0 Å². The number of aliphatic hydroxyl groups is 2. The van der Waals surface area contributed by atoms with E-state index in [0.29, 0.717) is 5.92 Å². The molecule has 2 aliphatic carbocycles. The van der Waals surface area contributed by atoms with Crippen LogP contribution >= 0.6 is 0 Å². The van der Waals surface area contributed by atoms with Gasteiger partial charge in [0.2, 0.25) is 0 Å². The van der Waals surface area contributed by atoms with Gasteiger partial charge in [0.05, 0.1) is 13.2 Å². The van der Waals surface area contributed by atoms with Gasteiger partial charge in [-0.3, -0.25) is 4.79 Å². The summed E-state index contributed by atoms with van der Waals surface area (Å²) in [6, 6.07) is 2.16. The molecule has 3 N–H and O–H groups in total. The van der Waals surface area contributed by atoms with Gasteiger partial charge in [0.1, 0.15) is 11.6 Å². The van der Waals surface area contributed by atoms with E-state index in [1.165, 1.54) is 36.8 Å². The first-order chi connectivity index (χ1) is 11.1. The van der Waals surface area contributed by atoms with Crippen molar-refractivity contribution in [1.29, 1.82) is 5.26 Å². The third-order valence-electron chi connectivity index (χ3n) is 5.30. The molecular formula is C17H27N3O3.